The van der Waals surface area contributed by atoms with Gasteiger partial charge in [0.05, 0.1) is 5.56 Å². The highest BCUT2D eigenvalue weighted by Gasteiger charge is 2.16. The quantitative estimate of drug-likeness (QED) is 0.873. The summed E-state index contributed by atoms with van der Waals surface area (Å²) in [5, 5.41) is 8.77. The summed E-state index contributed by atoms with van der Waals surface area (Å²) in [4.78, 5) is 12.9. The molecule has 1 rings (SSSR count). The topological polar surface area (TPSA) is 49.8 Å². The zero-order chi connectivity index (χ0) is 13.8. The molecule has 0 radical (unpaired) electrons. The molecule has 0 aliphatic rings. The van der Waals surface area contributed by atoms with E-state index >= 15 is 0 Å². The second-order valence-electron chi connectivity index (χ2n) is 5.27. The van der Waals surface area contributed by atoms with Crippen molar-refractivity contribution in [3.05, 3.63) is 29.8 Å². The molecule has 0 fully saturated rings. The molecule has 100 valence electrons. The number of carboxylic acid groups (broad SMARTS) is 1. The van der Waals surface area contributed by atoms with E-state index in [2.05, 4.69) is 32.7 Å². The van der Waals surface area contributed by atoms with E-state index < -0.39 is 5.97 Å². The average molecular weight is 251 g/mol. The molecule has 4 heteroatoms. The van der Waals surface area contributed by atoms with E-state index in [4.69, 9.17) is 9.84 Å². The Bertz CT molecular complexity index is 392. The molecule has 0 saturated carbocycles. The van der Waals surface area contributed by atoms with Crippen molar-refractivity contribution >= 4 is 5.97 Å². The lowest BCUT2D eigenvalue weighted by atomic mass is 10.1. The lowest BCUT2D eigenvalue weighted by molar-refractivity contribution is 0.0697. The van der Waals surface area contributed by atoms with Gasteiger partial charge >= 0.3 is 5.97 Å². The maximum atomic E-state index is 10.7. The van der Waals surface area contributed by atoms with Crippen molar-refractivity contribution in [1.29, 1.82) is 0 Å². The highest BCUT2D eigenvalue weighted by molar-refractivity contribution is 5.87. The van der Waals surface area contributed by atoms with Crippen molar-refractivity contribution in [3.8, 4) is 5.75 Å². The Morgan fingerprint density at radius 2 is 1.83 bits per heavy atom. The summed E-state index contributed by atoms with van der Waals surface area (Å²) in [6.45, 7) is 7.85. The summed E-state index contributed by atoms with van der Waals surface area (Å²) in [5.41, 5.74) is 0.394. The van der Waals surface area contributed by atoms with Crippen LogP contribution in [0.15, 0.2) is 24.3 Å². The van der Waals surface area contributed by atoms with Crippen LogP contribution < -0.4 is 4.74 Å². The third-order valence-corrected chi connectivity index (χ3v) is 2.94. The fourth-order valence-electron chi connectivity index (χ4n) is 1.33. The van der Waals surface area contributed by atoms with Crippen LogP contribution in [0.25, 0.3) is 0 Å². The van der Waals surface area contributed by atoms with Gasteiger partial charge in [0.25, 0.3) is 0 Å². The number of aromatic carboxylic acids is 1. The highest BCUT2D eigenvalue weighted by atomic mass is 16.5. The number of rotatable bonds is 5. The van der Waals surface area contributed by atoms with Gasteiger partial charge in [0.1, 0.15) is 12.4 Å². The molecule has 0 heterocycles. The van der Waals surface area contributed by atoms with Gasteiger partial charge in [-0.25, -0.2) is 4.79 Å². The molecule has 1 aromatic carbocycles. The highest BCUT2D eigenvalue weighted by Crippen LogP contribution is 2.13. The van der Waals surface area contributed by atoms with Crippen LogP contribution >= 0.6 is 0 Å². The summed E-state index contributed by atoms with van der Waals surface area (Å²) in [5.74, 6) is -0.226. The fraction of sp³-hybridized carbons (Fsp3) is 0.500. The van der Waals surface area contributed by atoms with E-state index in [1.165, 1.54) is 0 Å². The van der Waals surface area contributed by atoms with Crippen LogP contribution in [-0.4, -0.2) is 41.7 Å². The van der Waals surface area contributed by atoms with Gasteiger partial charge in [0, 0.05) is 12.1 Å². The third kappa shape index (κ3) is 4.37. The van der Waals surface area contributed by atoms with Gasteiger partial charge < -0.3 is 9.84 Å². The van der Waals surface area contributed by atoms with Crippen molar-refractivity contribution in [2.45, 2.75) is 26.3 Å². The van der Waals surface area contributed by atoms with E-state index in [1.54, 1.807) is 24.3 Å². The number of nitrogens with zero attached hydrogens (tertiary/aromatic N) is 1. The predicted molar refractivity (Wildman–Crippen MR) is 71.3 cm³/mol. The third-order valence-electron chi connectivity index (χ3n) is 2.94. The second-order valence-corrected chi connectivity index (χ2v) is 5.27. The van der Waals surface area contributed by atoms with Gasteiger partial charge in [-0.15, -0.1) is 0 Å². The Hall–Kier alpha value is -1.55. The maximum Gasteiger partial charge on any atom is 0.335 e. The molecular formula is C14H21NO3. The molecular weight excluding hydrogens is 230 g/mol. The van der Waals surface area contributed by atoms with Crippen molar-refractivity contribution < 1.29 is 14.6 Å². The van der Waals surface area contributed by atoms with Crippen molar-refractivity contribution in [2.24, 2.45) is 0 Å². The Kier molecular flexibility index (Phi) is 4.73. The predicted octanol–water partition coefficient (Wildman–Crippen LogP) is 2.49. The van der Waals surface area contributed by atoms with Crippen LogP contribution in [0.4, 0.5) is 0 Å². The molecule has 0 aliphatic heterocycles. The molecule has 0 bridgehead atoms. The zero-order valence-electron chi connectivity index (χ0n) is 11.4. The van der Waals surface area contributed by atoms with Crippen LogP contribution in [-0.2, 0) is 0 Å². The fourth-order valence-corrected chi connectivity index (χ4v) is 1.33. The largest absolute Gasteiger partial charge is 0.492 e. The monoisotopic (exact) mass is 251 g/mol. The minimum Gasteiger partial charge on any atom is -0.492 e. The minimum atomic E-state index is -0.922. The summed E-state index contributed by atoms with van der Waals surface area (Å²) < 4.78 is 5.57. The van der Waals surface area contributed by atoms with Crippen LogP contribution in [0.2, 0.25) is 0 Å². The molecule has 0 unspecified atom stereocenters. The van der Waals surface area contributed by atoms with Gasteiger partial charge in [-0.1, -0.05) is 0 Å². The number of benzene rings is 1. The smallest absolute Gasteiger partial charge is 0.335 e. The summed E-state index contributed by atoms with van der Waals surface area (Å²) in [7, 11) is 2.05. The number of carbonyl (C=O) groups is 1. The van der Waals surface area contributed by atoms with Crippen molar-refractivity contribution in [1.82, 2.24) is 4.90 Å². The van der Waals surface area contributed by atoms with Crippen molar-refractivity contribution in [3.63, 3.8) is 0 Å². The first-order chi connectivity index (χ1) is 8.30. The lowest BCUT2D eigenvalue weighted by Crippen LogP contribution is -2.40. The van der Waals surface area contributed by atoms with E-state index in [-0.39, 0.29) is 11.1 Å². The summed E-state index contributed by atoms with van der Waals surface area (Å²) >= 11 is 0. The number of likely N-dealkylation sites (N-methyl/N-ethyl adjacent to an activating group) is 1. The number of carboxylic acids is 1. The molecule has 0 atom stereocenters. The molecule has 4 nitrogen and oxygen atoms in total. The van der Waals surface area contributed by atoms with E-state index in [0.29, 0.717) is 12.4 Å². The average Bonchev–Trinajstić information content (AvgIpc) is 2.28. The van der Waals surface area contributed by atoms with Gasteiger partial charge in [-0.05, 0) is 52.1 Å². The van der Waals surface area contributed by atoms with Crippen LogP contribution in [0.1, 0.15) is 31.1 Å². The molecule has 0 aliphatic carbocycles. The van der Waals surface area contributed by atoms with Gasteiger partial charge in [-0.3, -0.25) is 4.90 Å². The molecule has 0 amide bonds. The Balaban J connectivity index is 2.43. The molecule has 18 heavy (non-hydrogen) atoms. The first kappa shape index (κ1) is 14.5. The van der Waals surface area contributed by atoms with Crippen LogP contribution in [0.3, 0.4) is 0 Å². The minimum absolute atomic E-state index is 0.122. The normalized spacial score (nSPS) is 11.6. The number of ether oxygens (including phenoxy) is 1. The van der Waals surface area contributed by atoms with Crippen LogP contribution in [0.5, 0.6) is 5.75 Å². The first-order valence-electron chi connectivity index (χ1n) is 5.98. The molecule has 0 saturated heterocycles. The molecule has 0 aromatic heterocycles. The number of hydrogen-bond donors (Lipinski definition) is 1. The van der Waals surface area contributed by atoms with Crippen LogP contribution in [0, 0.1) is 0 Å². The first-order valence-corrected chi connectivity index (χ1v) is 5.98. The summed E-state index contributed by atoms with van der Waals surface area (Å²) in [6, 6.07) is 6.46. The van der Waals surface area contributed by atoms with E-state index in [9.17, 15) is 4.79 Å². The molecule has 0 spiro atoms. The van der Waals surface area contributed by atoms with Gasteiger partial charge in [0.15, 0.2) is 0 Å². The van der Waals surface area contributed by atoms with E-state index in [1.807, 2.05) is 0 Å². The second kappa shape index (κ2) is 5.87. The Labute approximate surface area is 108 Å². The summed E-state index contributed by atoms with van der Waals surface area (Å²) in [6.07, 6.45) is 0. The lowest BCUT2D eigenvalue weighted by Gasteiger charge is -2.31. The van der Waals surface area contributed by atoms with Crippen molar-refractivity contribution in [2.75, 3.05) is 20.2 Å². The maximum absolute atomic E-state index is 10.7. The SMILES string of the molecule is CN(CCOc1ccc(C(=O)O)cc1)C(C)(C)C. The molecule has 1 aromatic rings. The van der Waals surface area contributed by atoms with E-state index in [0.717, 1.165) is 6.54 Å². The Morgan fingerprint density at radius 3 is 2.28 bits per heavy atom. The van der Waals surface area contributed by atoms with Gasteiger partial charge in [0.2, 0.25) is 0 Å². The number of hydrogen-bond acceptors (Lipinski definition) is 3. The molecule has 1 N–H and O–H groups in total. The zero-order valence-corrected chi connectivity index (χ0v) is 11.4. The standard InChI is InChI=1S/C14H21NO3/c1-14(2,3)15(4)9-10-18-12-7-5-11(6-8-12)13(16)17/h5-8H,9-10H2,1-4H3,(H,16,17). The van der Waals surface area contributed by atoms with Gasteiger partial charge in [-0.2, -0.15) is 0 Å². The Morgan fingerprint density at radius 1 is 1.28 bits per heavy atom.